The second-order valence-corrected chi connectivity index (χ2v) is 8.55. The van der Waals surface area contributed by atoms with Gasteiger partial charge in [0.25, 0.3) is 5.91 Å². The van der Waals surface area contributed by atoms with Crippen molar-refractivity contribution in [2.75, 3.05) is 19.6 Å². The van der Waals surface area contributed by atoms with Crippen molar-refractivity contribution in [1.29, 1.82) is 0 Å². The molecule has 1 heterocycles. The molecule has 2 fully saturated rings. The van der Waals surface area contributed by atoms with Crippen LogP contribution in [0.5, 0.6) is 0 Å². The van der Waals surface area contributed by atoms with Gasteiger partial charge in [-0.15, -0.1) is 0 Å². The summed E-state index contributed by atoms with van der Waals surface area (Å²) in [6, 6.07) is 4.21. The van der Waals surface area contributed by atoms with Gasteiger partial charge in [0.1, 0.15) is 0 Å². The predicted octanol–water partition coefficient (Wildman–Crippen LogP) is 3.72. The Hall–Kier alpha value is -1.84. The normalized spacial score (nSPS) is 21.3. The molecule has 4 nitrogen and oxygen atoms in total. The third-order valence-corrected chi connectivity index (χ3v) is 6.00. The molecule has 142 valence electrons. The Morgan fingerprint density at radius 3 is 2.38 bits per heavy atom. The maximum atomic E-state index is 13.2. The van der Waals surface area contributed by atoms with Crippen LogP contribution < -0.4 is 0 Å². The van der Waals surface area contributed by atoms with Gasteiger partial charge in [0.05, 0.1) is 6.04 Å². The summed E-state index contributed by atoms with van der Waals surface area (Å²) in [7, 11) is 0. The van der Waals surface area contributed by atoms with Gasteiger partial charge < -0.3 is 9.80 Å². The fourth-order valence-electron chi connectivity index (χ4n) is 3.91. The van der Waals surface area contributed by atoms with E-state index in [4.69, 9.17) is 0 Å². The van der Waals surface area contributed by atoms with E-state index in [-0.39, 0.29) is 17.9 Å². The molecular formula is C22H32N2O2. The van der Waals surface area contributed by atoms with Crippen LogP contribution in [0.2, 0.25) is 0 Å². The minimum atomic E-state index is 0.0670. The van der Waals surface area contributed by atoms with Crippen molar-refractivity contribution in [2.45, 2.75) is 59.9 Å². The van der Waals surface area contributed by atoms with Crippen molar-refractivity contribution >= 4 is 11.8 Å². The molecule has 1 aliphatic heterocycles. The van der Waals surface area contributed by atoms with Crippen LogP contribution in [0.25, 0.3) is 0 Å². The molecule has 0 bridgehead atoms. The lowest BCUT2D eigenvalue weighted by Gasteiger charge is -2.35. The molecule has 0 aromatic heterocycles. The first kappa shape index (κ1) is 18.9. The molecule has 2 aliphatic rings. The Morgan fingerprint density at radius 1 is 1.12 bits per heavy atom. The predicted molar refractivity (Wildman–Crippen MR) is 104 cm³/mol. The lowest BCUT2D eigenvalue weighted by molar-refractivity contribution is -0.133. The molecular weight excluding hydrogens is 324 g/mol. The van der Waals surface area contributed by atoms with E-state index in [0.717, 1.165) is 23.2 Å². The van der Waals surface area contributed by atoms with Gasteiger partial charge in [-0.2, -0.15) is 0 Å². The molecule has 4 heteroatoms. The van der Waals surface area contributed by atoms with Gasteiger partial charge >= 0.3 is 0 Å². The monoisotopic (exact) mass is 356 g/mol. The number of hydrogen-bond acceptors (Lipinski definition) is 2. The molecule has 2 amide bonds. The van der Waals surface area contributed by atoms with Crippen LogP contribution in [0.1, 0.15) is 60.2 Å². The van der Waals surface area contributed by atoms with Crippen LogP contribution in [-0.2, 0) is 4.79 Å². The van der Waals surface area contributed by atoms with E-state index in [1.165, 1.54) is 18.4 Å². The number of nitrogens with zero attached hydrogens (tertiary/aromatic N) is 2. The van der Waals surface area contributed by atoms with Crippen molar-refractivity contribution in [3.63, 3.8) is 0 Å². The van der Waals surface area contributed by atoms with Crippen LogP contribution in [0.4, 0.5) is 0 Å². The molecule has 1 aromatic rings. The molecule has 26 heavy (non-hydrogen) atoms. The van der Waals surface area contributed by atoms with Gasteiger partial charge in [-0.25, -0.2) is 0 Å². The molecule has 1 saturated carbocycles. The Kier molecular flexibility index (Phi) is 5.40. The van der Waals surface area contributed by atoms with Gasteiger partial charge in [-0.1, -0.05) is 19.9 Å². The zero-order chi connectivity index (χ0) is 19.0. The highest BCUT2D eigenvalue weighted by molar-refractivity contribution is 5.96. The summed E-state index contributed by atoms with van der Waals surface area (Å²) < 4.78 is 0. The van der Waals surface area contributed by atoms with E-state index >= 15 is 0 Å². The smallest absolute Gasteiger partial charge is 0.254 e. The SMILES string of the molecule is Cc1cc(C)c(C(=O)N2CCC(=O)N(CC3CC3)[C@@H](C(C)C)C2)cc1C. The van der Waals surface area contributed by atoms with Crippen molar-refractivity contribution in [1.82, 2.24) is 9.80 Å². The topological polar surface area (TPSA) is 40.6 Å². The molecule has 1 saturated heterocycles. The average Bonchev–Trinajstić information content (AvgIpc) is 3.40. The van der Waals surface area contributed by atoms with E-state index in [0.29, 0.717) is 31.3 Å². The molecule has 1 aromatic carbocycles. The van der Waals surface area contributed by atoms with Crippen molar-refractivity contribution in [3.05, 3.63) is 34.4 Å². The highest BCUT2D eigenvalue weighted by atomic mass is 16.2. The van der Waals surface area contributed by atoms with E-state index < -0.39 is 0 Å². The Bertz CT molecular complexity index is 706. The van der Waals surface area contributed by atoms with Gasteiger partial charge in [0, 0.05) is 31.6 Å². The van der Waals surface area contributed by atoms with Crippen LogP contribution in [0.15, 0.2) is 12.1 Å². The number of rotatable bonds is 4. The Labute approximate surface area is 157 Å². The van der Waals surface area contributed by atoms with Crippen molar-refractivity contribution < 1.29 is 9.59 Å². The fourth-order valence-corrected chi connectivity index (χ4v) is 3.91. The van der Waals surface area contributed by atoms with E-state index in [2.05, 4.69) is 31.7 Å². The van der Waals surface area contributed by atoms with Crippen LogP contribution in [0, 0.1) is 32.6 Å². The summed E-state index contributed by atoms with van der Waals surface area (Å²) in [5.74, 6) is 1.29. The molecule has 0 radical (unpaired) electrons. The highest BCUT2D eigenvalue weighted by Crippen LogP contribution is 2.32. The first-order valence-electron chi connectivity index (χ1n) is 9.94. The van der Waals surface area contributed by atoms with Gasteiger partial charge in [0.2, 0.25) is 5.91 Å². The van der Waals surface area contributed by atoms with Crippen molar-refractivity contribution in [3.8, 4) is 0 Å². The number of carbonyl (C=O) groups is 2. The maximum Gasteiger partial charge on any atom is 0.254 e. The second-order valence-electron chi connectivity index (χ2n) is 8.55. The Morgan fingerprint density at radius 2 is 1.77 bits per heavy atom. The number of hydrogen-bond donors (Lipinski definition) is 0. The first-order chi connectivity index (χ1) is 12.3. The minimum absolute atomic E-state index is 0.0670. The lowest BCUT2D eigenvalue weighted by Crippen LogP contribution is -2.48. The first-order valence-corrected chi connectivity index (χ1v) is 9.94. The van der Waals surface area contributed by atoms with E-state index in [9.17, 15) is 9.59 Å². The number of aryl methyl sites for hydroxylation is 3. The molecule has 0 unspecified atom stereocenters. The Balaban J connectivity index is 1.84. The van der Waals surface area contributed by atoms with E-state index in [1.54, 1.807) is 0 Å². The maximum absolute atomic E-state index is 13.2. The van der Waals surface area contributed by atoms with Crippen LogP contribution >= 0.6 is 0 Å². The van der Waals surface area contributed by atoms with Crippen LogP contribution in [-0.4, -0.2) is 47.3 Å². The van der Waals surface area contributed by atoms with Crippen molar-refractivity contribution in [2.24, 2.45) is 11.8 Å². The third kappa shape index (κ3) is 3.94. The largest absolute Gasteiger partial charge is 0.337 e. The quantitative estimate of drug-likeness (QED) is 0.825. The van der Waals surface area contributed by atoms with Crippen LogP contribution in [0.3, 0.4) is 0 Å². The number of amides is 2. The summed E-state index contributed by atoms with van der Waals surface area (Å²) in [6.45, 7) is 12.5. The minimum Gasteiger partial charge on any atom is -0.337 e. The third-order valence-electron chi connectivity index (χ3n) is 6.00. The van der Waals surface area contributed by atoms with Gasteiger partial charge in [-0.05, 0) is 68.2 Å². The lowest BCUT2D eigenvalue weighted by atomic mass is 9.98. The summed E-state index contributed by atoms with van der Waals surface area (Å²) in [5.41, 5.74) is 4.14. The number of carbonyl (C=O) groups excluding carboxylic acids is 2. The average molecular weight is 357 g/mol. The summed E-state index contributed by atoms with van der Waals surface area (Å²) in [4.78, 5) is 30.0. The molecule has 3 rings (SSSR count). The molecule has 0 spiro atoms. The fraction of sp³-hybridized carbons (Fsp3) is 0.636. The zero-order valence-electron chi connectivity index (χ0n) is 16.8. The van der Waals surface area contributed by atoms with Gasteiger partial charge in [0.15, 0.2) is 0 Å². The molecule has 1 atom stereocenters. The second kappa shape index (κ2) is 7.42. The van der Waals surface area contributed by atoms with E-state index in [1.807, 2.05) is 24.8 Å². The highest BCUT2D eigenvalue weighted by Gasteiger charge is 2.36. The summed E-state index contributed by atoms with van der Waals surface area (Å²) >= 11 is 0. The zero-order valence-corrected chi connectivity index (χ0v) is 16.8. The molecule has 0 N–H and O–H groups in total. The summed E-state index contributed by atoms with van der Waals surface area (Å²) in [6.07, 6.45) is 2.91. The number of benzene rings is 1. The standard InChI is InChI=1S/C22H32N2O2/c1-14(2)20-13-23(9-8-21(25)24(20)12-18-6-7-18)22(26)19-11-16(4)15(3)10-17(19)5/h10-11,14,18,20H,6-9,12-13H2,1-5H3/t20-/m1/s1. The van der Waals surface area contributed by atoms with Gasteiger partial charge in [-0.3, -0.25) is 9.59 Å². The molecule has 1 aliphatic carbocycles. The summed E-state index contributed by atoms with van der Waals surface area (Å²) in [5, 5.41) is 0.